The minimum Gasteiger partial charge on any atom is -0.343 e. The minimum absolute atomic E-state index is 0.0914. The Morgan fingerprint density at radius 1 is 1.50 bits per heavy atom. The van der Waals surface area contributed by atoms with Crippen LogP contribution in [-0.4, -0.2) is 16.1 Å². The highest BCUT2D eigenvalue weighted by atomic mass is 16.1. The number of aromatic nitrogens is 2. The third-order valence-corrected chi connectivity index (χ3v) is 2.41. The van der Waals surface area contributed by atoms with Crippen LogP contribution >= 0.6 is 0 Å². The van der Waals surface area contributed by atoms with Crippen molar-refractivity contribution in [1.29, 1.82) is 0 Å². The third-order valence-electron chi connectivity index (χ3n) is 2.41. The Balaban J connectivity index is 2.24. The molecule has 82 valence electrons. The molecule has 0 aliphatic rings. The van der Waals surface area contributed by atoms with Crippen LogP contribution in [-0.2, 0) is 6.54 Å². The van der Waals surface area contributed by atoms with E-state index in [1.807, 2.05) is 22.9 Å². The minimum atomic E-state index is -0.0914. The first-order chi connectivity index (χ1) is 7.83. The first-order valence-corrected chi connectivity index (χ1v) is 5.00. The number of H-pyrrole nitrogens is 1. The number of azide groups is 1. The molecule has 6 heteroatoms. The van der Waals surface area contributed by atoms with Gasteiger partial charge in [0.05, 0.1) is 0 Å². The molecule has 0 atom stereocenters. The van der Waals surface area contributed by atoms with Gasteiger partial charge in [-0.25, -0.2) is 0 Å². The van der Waals surface area contributed by atoms with Gasteiger partial charge in [0.2, 0.25) is 0 Å². The Bertz CT molecular complexity index is 591. The second-order valence-electron chi connectivity index (χ2n) is 3.43. The van der Waals surface area contributed by atoms with Crippen LogP contribution in [0.2, 0.25) is 0 Å². The fourth-order valence-electron chi connectivity index (χ4n) is 1.70. The van der Waals surface area contributed by atoms with E-state index in [4.69, 9.17) is 5.53 Å². The van der Waals surface area contributed by atoms with Crippen molar-refractivity contribution in [2.45, 2.75) is 13.0 Å². The van der Waals surface area contributed by atoms with Gasteiger partial charge in [-0.05, 0) is 24.1 Å². The van der Waals surface area contributed by atoms with Gasteiger partial charge in [-0.1, -0.05) is 5.11 Å². The predicted octanol–water partition coefficient (Wildman–Crippen LogP) is 2.03. The molecule has 2 rings (SSSR count). The second kappa shape index (κ2) is 4.55. The smallest absolute Gasteiger partial charge is 0.272 e. The molecule has 0 saturated heterocycles. The van der Waals surface area contributed by atoms with E-state index >= 15 is 0 Å². The first-order valence-electron chi connectivity index (χ1n) is 5.00. The number of pyridine rings is 1. The van der Waals surface area contributed by atoms with Crippen molar-refractivity contribution in [3.05, 3.63) is 45.3 Å². The van der Waals surface area contributed by atoms with Gasteiger partial charge >= 0.3 is 0 Å². The molecule has 0 aliphatic carbocycles. The largest absolute Gasteiger partial charge is 0.343 e. The summed E-state index contributed by atoms with van der Waals surface area (Å²) < 4.78 is 1.88. The van der Waals surface area contributed by atoms with Crippen molar-refractivity contribution in [1.82, 2.24) is 9.55 Å². The molecule has 0 saturated carbocycles. The fraction of sp³-hybridized carbons (Fsp3) is 0.300. The lowest BCUT2D eigenvalue weighted by Gasteiger charge is -2.02. The van der Waals surface area contributed by atoms with Crippen LogP contribution in [0.1, 0.15) is 6.42 Å². The number of fused-ring (bicyclic) bond motifs is 1. The van der Waals surface area contributed by atoms with Gasteiger partial charge in [-0.2, -0.15) is 0 Å². The molecule has 0 aromatic carbocycles. The number of aromatic amines is 1. The van der Waals surface area contributed by atoms with Crippen molar-refractivity contribution in [2.24, 2.45) is 5.11 Å². The molecule has 0 aliphatic heterocycles. The van der Waals surface area contributed by atoms with Crippen molar-refractivity contribution >= 4 is 10.9 Å². The van der Waals surface area contributed by atoms with Crippen LogP contribution in [0.25, 0.3) is 21.3 Å². The van der Waals surface area contributed by atoms with Crippen LogP contribution in [0.5, 0.6) is 0 Å². The zero-order valence-electron chi connectivity index (χ0n) is 8.63. The number of hydrogen-bond acceptors (Lipinski definition) is 2. The molecule has 0 amide bonds. The quantitative estimate of drug-likeness (QED) is 0.361. The molecule has 2 aromatic heterocycles. The van der Waals surface area contributed by atoms with Gasteiger partial charge < -0.3 is 9.55 Å². The maximum absolute atomic E-state index is 11.6. The molecular formula is C10H11N5O. The lowest BCUT2D eigenvalue weighted by molar-refractivity contribution is 0.667. The third kappa shape index (κ3) is 1.92. The van der Waals surface area contributed by atoms with E-state index in [0.717, 1.165) is 11.8 Å². The molecular weight excluding hydrogens is 206 g/mol. The number of hydrogen-bond donors (Lipinski definition) is 1. The van der Waals surface area contributed by atoms with E-state index < -0.39 is 0 Å². The zero-order valence-corrected chi connectivity index (χ0v) is 8.63. The van der Waals surface area contributed by atoms with Crippen molar-refractivity contribution in [3.8, 4) is 0 Å². The summed E-state index contributed by atoms with van der Waals surface area (Å²) in [6.45, 7) is 1.12. The standard InChI is InChI=1S/C10H11N5O/c11-14-13-4-1-6-15-7-3-8-2-5-12-10(16)9(8)15/h2-3,5,7H,1,4,6H2,(H,12,16). The molecule has 0 bridgehead atoms. The Labute approximate surface area is 91.1 Å². The summed E-state index contributed by atoms with van der Waals surface area (Å²) >= 11 is 0. The molecule has 6 nitrogen and oxygen atoms in total. The van der Waals surface area contributed by atoms with Gasteiger partial charge in [0.15, 0.2) is 0 Å². The summed E-state index contributed by atoms with van der Waals surface area (Å²) in [4.78, 5) is 16.9. The molecule has 2 heterocycles. The van der Waals surface area contributed by atoms with Crippen LogP contribution in [0.15, 0.2) is 34.4 Å². The van der Waals surface area contributed by atoms with E-state index in [2.05, 4.69) is 15.0 Å². The Kier molecular flexibility index (Phi) is 2.93. The number of rotatable bonds is 4. The zero-order chi connectivity index (χ0) is 11.4. The summed E-state index contributed by atoms with van der Waals surface area (Å²) in [5, 5.41) is 4.38. The number of nitrogens with zero attached hydrogens (tertiary/aromatic N) is 4. The normalized spacial score (nSPS) is 10.2. The highest BCUT2D eigenvalue weighted by Gasteiger charge is 2.03. The van der Waals surface area contributed by atoms with Gasteiger partial charge in [0, 0.05) is 35.8 Å². The van der Waals surface area contributed by atoms with Gasteiger partial charge in [0.25, 0.3) is 5.56 Å². The Morgan fingerprint density at radius 2 is 2.38 bits per heavy atom. The van der Waals surface area contributed by atoms with Gasteiger partial charge in [-0.15, -0.1) is 0 Å². The van der Waals surface area contributed by atoms with Crippen LogP contribution in [0.4, 0.5) is 0 Å². The summed E-state index contributed by atoms with van der Waals surface area (Å²) in [6, 6.07) is 3.76. The average Bonchev–Trinajstić information content (AvgIpc) is 2.69. The van der Waals surface area contributed by atoms with Crippen LogP contribution < -0.4 is 5.56 Å². The van der Waals surface area contributed by atoms with Crippen molar-refractivity contribution in [3.63, 3.8) is 0 Å². The molecule has 0 spiro atoms. The molecule has 0 fully saturated rings. The molecule has 1 N–H and O–H groups in total. The van der Waals surface area contributed by atoms with Gasteiger partial charge in [0.1, 0.15) is 5.52 Å². The van der Waals surface area contributed by atoms with Gasteiger partial charge in [-0.3, -0.25) is 4.79 Å². The summed E-state index contributed by atoms with van der Waals surface area (Å²) in [7, 11) is 0. The maximum Gasteiger partial charge on any atom is 0.272 e. The van der Waals surface area contributed by atoms with E-state index in [0.29, 0.717) is 18.6 Å². The molecule has 0 radical (unpaired) electrons. The van der Waals surface area contributed by atoms with E-state index in [9.17, 15) is 4.79 Å². The lowest BCUT2D eigenvalue weighted by atomic mass is 10.3. The van der Waals surface area contributed by atoms with Crippen molar-refractivity contribution < 1.29 is 0 Å². The molecule has 2 aromatic rings. The van der Waals surface area contributed by atoms with Crippen LogP contribution in [0.3, 0.4) is 0 Å². The predicted molar refractivity (Wildman–Crippen MR) is 61.2 cm³/mol. The van der Waals surface area contributed by atoms with E-state index in [1.165, 1.54) is 0 Å². The second-order valence-corrected chi connectivity index (χ2v) is 3.43. The highest BCUT2D eigenvalue weighted by molar-refractivity contribution is 5.78. The summed E-state index contributed by atoms with van der Waals surface area (Å²) in [5.74, 6) is 0. The first kappa shape index (κ1) is 10.3. The SMILES string of the molecule is [N-]=[N+]=NCCCn1ccc2cc[nH]c(=O)c21. The number of aryl methyl sites for hydroxylation is 1. The topological polar surface area (TPSA) is 86.6 Å². The van der Waals surface area contributed by atoms with Crippen LogP contribution in [0, 0.1) is 0 Å². The van der Waals surface area contributed by atoms with E-state index in [-0.39, 0.29) is 5.56 Å². The molecule has 16 heavy (non-hydrogen) atoms. The number of nitrogens with one attached hydrogen (secondary N) is 1. The Hall–Kier alpha value is -2.20. The van der Waals surface area contributed by atoms with E-state index in [1.54, 1.807) is 6.20 Å². The molecule has 0 unspecified atom stereocenters. The highest BCUT2D eigenvalue weighted by Crippen LogP contribution is 2.10. The average molecular weight is 217 g/mol. The maximum atomic E-state index is 11.6. The fourth-order valence-corrected chi connectivity index (χ4v) is 1.70. The monoisotopic (exact) mass is 217 g/mol. The lowest BCUT2D eigenvalue weighted by Crippen LogP contribution is -2.10. The van der Waals surface area contributed by atoms with Crippen molar-refractivity contribution in [2.75, 3.05) is 6.54 Å². The summed E-state index contributed by atoms with van der Waals surface area (Å²) in [6.07, 6.45) is 4.23. The Morgan fingerprint density at radius 3 is 3.19 bits per heavy atom. The summed E-state index contributed by atoms with van der Waals surface area (Å²) in [5.41, 5.74) is 8.71.